The number of carbonyl (C=O) groups is 1. The summed E-state index contributed by atoms with van der Waals surface area (Å²) in [4.78, 5) is 12.8. The molecular formula is C19H26BNO3. The molecule has 1 aromatic heterocycles. The molecule has 0 radical (unpaired) electrons. The smallest absolute Gasteiger partial charge is 0.399 e. The molecule has 4 nitrogen and oxygen atoms in total. The average molecular weight is 327 g/mol. The van der Waals surface area contributed by atoms with Crippen LogP contribution < -0.4 is 5.46 Å². The van der Waals surface area contributed by atoms with Crippen LogP contribution in [-0.2, 0) is 9.31 Å². The molecule has 0 spiro atoms. The van der Waals surface area contributed by atoms with Crippen molar-refractivity contribution < 1.29 is 14.1 Å². The second-order valence-electron chi connectivity index (χ2n) is 8.61. The Labute approximate surface area is 144 Å². The van der Waals surface area contributed by atoms with Crippen LogP contribution in [0, 0.1) is 5.41 Å². The molecule has 2 aromatic rings. The van der Waals surface area contributed by atoms with E-state index in [0.717, 1.165) is 16.4 Å². The number of rotatable bonds is 1. The van der Waals surface area contributed by atoms with E-state index in [0.29, 0.717) is 0 Å². The molecule has 2 heterocycles. The van der Waals surface area contributed by atoms with Gasteiger partial charge in [-0.15, -0.1) is 0 Å². The number of carbonyl (C=O) groups excluding carboxylic acids is 1. The summed E-state index contributed by atoms with van der Waals surface area (Å²) in [5.74, 6) is 0.0569. The van der Waals surface area contributed by atoms with Gasteiger partial charge in [0.1, 0.15) is 0 Å². The molecule has 0 saturated carbocycles. The molecule has 5 heteroatoms. The zero-order valence-corrected chi connectivity index (χ0v) is 15.6. The van der Waals surface area contributed by atoms with E-state index in [4.69, 9.17) is 9.31 Å². The Morgan fingerprint density at radius 3 is 2.17 bits per heavy atom. The Kier molecular flexibility index (Phi) is 3.74. The highest BCUT2D eigenvalue weighted by Crippen LogP contribution is 2.37. The minimum absolute atomic E-state index is 0.0569. The van der Waals surface area contributed by atoms with Gasteiger partial charge in [-0.05, 0) is 39.1 Å². The summed E-state index contributed by atoms with van der Waals surface area (Å²) in [6, 6.07) is 7.94. The Hall–Kier alpha value is -1.59. The highest BCUT2D eigenvalue weighted by molar-refractivity contribution is 6.65. The van der Waals surface area contributed by atoms with E-state index >= 15 is 0 Å². The molecule has 0 unspecified atom stereocenters. The molecule has 0 aliphatic carbocycles. The Balaban J connectivity index is 2.14. The van der Waals surface area contributed by atoms with E-state index < -0.39 is 23.7 Å². The van der Waals surface area contributed by atoms with Gasteiger partial charge >= 0.3 is 7.12 Å². The molecule has 0 amide bonds. The van der Waals surface area contributed by atoms with Crippen LogP contribution in [0.3, 0.4) is 0 Å². The molecule has 1 saturated heterocycles. The first-order valence-corrected chi connectivity index (χ1v) is 8.44. The highest BCUT2D eigenvalue weighted by atomic mass is 16.7. The molecule has 0 N–H and O–H groups in total. The molecule has 3 rings (SSSR count). The van der Waals surface area contributed by atoms with Crippen molar-refractivity contribution in [1.82, 2.24) is 4.57 Å². The molecule has 0 atom stereocenters. The van der Waals surface area contributed by atoms with Crippen molar-refractivity contribution in [3.8, 4) is 0 Å². The molecule has 0 bridgehead atoms. The fraction of sp³-hybridized carbons (Fsp3) is 0.526. The Bertz CT molecular complexity index is 783. The molecule has 1 aliphatic rings. The predicted octanol–water partition coefficient (Wildman–Crippen LogP) is 3.63. The number of benzene rings is 1. The van der Waals surface area contributed by atoms with Gasteiger partial charge in [-0.2, -0.15) is 0 Å². The highest BCUT2D eigenvalue weighted by Gasteiger charge is 2.52. The second-order valence-corrected chi connectivity index (χ2v) is 8.61. The lowest BCUT2D eigenvalue weighted by Gasteiger charge is -2.32. The molecule has 24 heavy (non-hydrogen) atoms. The predicted molar refractivity (Wildman–Crippen MR) is 97.7 cm³/mol. The summed E-state index contributed by atoms with van der Waals surface area (Å²) in [7, 11) is -0.486. The number of aromatic nitrogens is 1. The third-order valence-corrected chi connectivity index (χ3v) is 5.11. The van der Waals surface area contributed by atoms with Gasteiger partial charge in [0.15, 0.2) is 0 Å². The van der Waals surface area contributed by atoms with Gasteiger partial charge in [0, 0.05) is 17.1 Å². The van der Waals surface area contributed by atoms with Crippen LogP contribution in [0.2, 0.25) is 0 Å². The van der Waals surface area contributed by atoms with Crippen LogP contribution in [0.15, 0.2) is 30.5 Å². The fourth-order valence-corrected chi connectivity index (χ4v) is 2.91. The van der Waals surface area contributed by atoms with Crippen LogP contribution in [0.1, 0.15) is 53.3 Å². The first-order valence-electron chi connectivity index (χ1n) is 8.44. The first-order chi connectivity index (χ1) is 10.9. The number of fused-ring (bicyclic) bond motifs is 1. The quantitative estimate of drug-likeness (QED) is 0.751. The van der Waals surface area contributed by atoms with Crippen LogP contribution in [0.25, 0.3) is 10.9 Å². The van der Waals surface area contributed by atoms with Gasteiger partial charge in [-0.25, -0.2) is 0 Å². The minimum atomic E-state index is -0.486. The Morgan fingerprint density at radius 2 is 1.62 bits per heavy atom. The molecule has 1 aliphatic heterocycles. The van der Waals surface area contributed by atoms with Gasteiger partial charge in [0.2, 0.25) is 5.91 Å². The van der Waals surface area contributed by atoms with Gasteiger partial charge in [-0.1, -0.05) is 39.0 Å². The largest absolute Gasteiger partial charge is 0.497 e. The van der Waals surface area contributed by atoms with E-state index in [1.807, 2.05) is 78.9 Å². The number of hydrogen-bond donors (Lipinski definition) is 0. The Morgan fingerprint density at radius 1 is 1.04 bits per heavy atom. The average Bonchev–Trinajstić information content (AvgIpc) is 2.95. The standard InChI is InChI=1S/C19H26BNO3/c1-17(2,3)16(22)21-12-11-13-9-8-10-14(15(13)21)20-23-18(4,5)19(6,7)24-20/h8-12H,1-7H3. The summed E-state index contributed by atoms with van der Waals surface area (Å²) in [6.07, 6.45) is 1.84. The SMILES string of the molecule is CC(C)(C)C(=O)n1ccc2cccc(B3OC(C)(C)C(C)(C)O3)c21. The number of para-hydroxylation sites is 1. The lowest BCUT2D eigenvalue weighted by Crippen LogP contribution is -2.41. The third-order valence-electron chi connectivity index (χ3n) is 5.11. The van der Waals surface area contributed by atoms with E-state index in [1.165, 1.54) is 0 Å². The molecule has 1 aromatic carbocycles. The summed E-state index contributed by atoms with van der Waals surface area (Å²) >= 11 is 0. The lowest BCUT2D eigenvalue weighted by atomic mass is 9.77. The van der Waals surface area contributed by atoms with Crippen molar-refractivity contribution in [2.24, 2.45) is 5.41 Å². The normalized spacial score (nSPS) is 19.9. The van der Waals surface area contributed by atoms with Gasteiger partial charge in [0.05, 0.1) is 16.7 Å². The maximum Gasteiger partial charge on any atom is 0.497 e. The first kappa shape index (κ1) is 17.2. The van der Waals surface area contributed by atoms with E-state index in [1.54, 1.807) is 4.57 Å². The topological polar surface area (TPSA) is 40.5 Å². The van der Waals surface area contributed by atoms with Gasteiger partial charge in [-0.3, -0.25) is 9.36 Å². The summed E-state index contributed by atoms with van der Waals surface area (Å²) in [6.45, 7) is 13.9. The lowest BCUT2D eigenvalue weighted by molar-refractivity contribution is 0.00578. The van der Waals surface area contributed by atoms with Crippen molar-refractivity contribution in [3.63, 3.8) is 0 Å². The second kappa shape index (κ2) is 5.20. The summed E-state index contributed by atoms with van der Waals surface area (Å²) in [5, 5.41) is 1.01. The minimum Gasteiger partial charge on any atom is -0.399 e. The maximum atomic E-state index is 12.8. The third kappa shape index (κ3) is 2.60. The van der Waals surface area contributed by atoms with Crippen molar-refractivity contribution >= 4 is 29.4 Å². The van der Waals surface area contributed by atoms with Crippen molar-refractivity contribution in [2.75, 3.05) is 0 Å². The monoisotopic (exact) mass is 327 g/mol. The molecule has 128 valence electrons. The van der Waals surface area contributed by atoms with Crippen LogP contribution in [0.5, 0.6) is 0 Å². The van der Waals surface area contributed by atoms with E-state index in [2.05, 4.69) is 0 Å². The van der Waals surface area contributed by atoms with Gasteiger partial charge in [0.25, 0.3) is 0 Å². The van der Waals surface area contributed by atoms with Crippen LogP contribution in [-0.4, -0.2) is 28.8 Å². The van der Waals surface area contributed by atoms with Crippen LogP contribution in [0.4, 0.5) is 0 Å². The van der Waals surface area contributed by atoms with E-state index in [9.17, 15) is 4.79 Å². The van der Waals surface area contributed by atoms with Crippen molar-refractivity contribution in [2.45, 2.75) is 59.7 Å². The number of nitrogens with zero attached hydrogens (tertiary/aromatic N) is 1. The van der Waals surface area contributed by atoms with E-state index in [-0.39, 0.29) is 5.91 Å². The van der Waals surface area contributed by atoms with Crippen LogP contribution >= 0.6 is 0 Å². The zero-order valence-electron chi connectivity index (χ0n) is 15.6. The van der Waals surface area contributed by atoms with Crippen molar-refractivity contribution in [1.29, 1.82) is 0 Å². The van der Waals surface area contributed by atoms with Gasteiger partial charge < -0.3 is 9.31 Å². The zero-order chi connectivity index (χ0) is 17.9. The summed E-state index contributed by atoms with van der Waals surface area (Å²) < 4.78 is 14.1. The summed E-state index contributed by atoms with van der Waals surface area (Å²) in [5.41, 5.74) is 0.482. The molecular weight excluding hydrogens is 301 g/mol. The number of hydrogen-bond acceptors (Lipinski definition) is 3. The fourth-order valence-electron chi connectivity index (χ4n) is 2.91. The molecule has 1 fully saturated rings. The maximum absolute atomic E-state index is 12.8. The van der Waals surface area contributed by atoms with Crippen molar-refractivity contribution in [3.05, 3.63) is 30.5 Å².